The highest BCUT2D eigenvalue weighted by Gasteiger charge is 2.28. The third-order valence-electron chi connectivity index (χ3n) is 1.91. The molecule has 0 saturated carbocycles. The Balaban J connectivity index is 2.77. The summed E-state index contributed by atoms with van der Waals surface area (Å²) in [5, 5.41) is 6.40. The van der Waals surface area contributed by atoms with E-state index in [1.807, 2.05) is 20.8 Å². The molecule has 0 atom stereocenters. The normalized spacial score (nSPS) is 13.1. The Morgan fingerprint density at radius 2 is 1.94 bits per heavy atom. The van der Waals surface area contributed by atoms with Crippen LogP contribution in [0.5, 0.6) is 0 Å². The van der Waals surface area contributed by atoms with Gasteiger partial charge in [0.05, 0.1) is 0 Å². The minimum atomic E-state index is -4.33. The number of hydrogen-bond donors (Lipinski definition) is 1. The van der Waals surface area contributed by atoms with Crippen LogP contribution < -0.4 is 0 Å². The highest BCUT2D eigenvalue weighted by Crippen LogP contribution is 2.19. The number of ether oxygens (including phenoxy) is 1. The molecule has 0 bridgehead atoms. The van der Waals surface area contributed by atoms with Gasteiger partial charge in [0.25, 0.3) is 0 Å². The Labute approximate surface area is 102 Å². The molecule has 0 aliphatic heterocycles. The Morgan fingerprint density at radius 1 is 1.35 bits per heavy atom. The van der Waals surface area contributed by atoms with E-state index in [4.69, 9.17) is 12.2 Å². The van der Waals surface area contributed by atoms with Gasteiger partial charge in [-0.3, -0.25) is 9.67 Å². The van der Waals surface area contributed by atoms with E-state index in [-0.39, 0.29) is 12.1 Å². The summed E-state index contributed by atoms with van der Waals surface area (Å²) in [6, 6.07) is 0. The van der Waals surface area contributed by atoms with Crippen molar-refractivity contribution in [2.24, 2.45) is 0 Å². The van der Waals surface area contributed by atoms with Gasteiger partial charge in [0.15, 0.2) is 10.6 Å². The summed E-state index contributed by atoms with van der Waals surface area (Å²) >= 11 is 5.01. The van der Waals surface area contributed by atoms with E-state index >= 15 is 0 Å². The van der Waals surface area contributed by atoms with Crippen molar-refractivity contribution >= 4 is 12.2 Å². The molecule has 1 heterocycles. The SMILES string of the molecule is CC(C)(C)n1c(COCC(F)(F)F)n[nH]c1=S. The molecule has 98 valence electrons. The molecule has 0 saturated heterocycles. The van der Waals surface area contributed by atoms with Crippen LogP contribution in [-0.4, -0.2) is 27.5 Å². The second kappa shape index (κ2) is 4.77. The van der Waals surface area contributed by atoms with Gasteiger partial charge in [-0.15, -0.1) is 0 Å². The van der Waals surface area contributed by atoms with Crippen molar-refractivity contribution in [3.63, 3.8) is 0 Å². The topological polar surface area (TPSA) is 42.8 Å². The van der Waals surface area contributed by atoms with Crippen LogP contribution in [0.4, 0.5) is 13.2 Å². The van der Waals surface area contributed by atoms with Gasteiger partial charge in [-0.25, -0.2) is 0 Å². The minimum absolute atomic E-state index is 0.232. The van der Waals surface area contributed by atoms with Gasteiger partial charge in [0.1, 0.15) is 13.2 Å². The molecule has 4 nitrogen and oxygen atoms in total. The fourth-order valence-corrected chi connectivity index (χ4v) is 1.80. The lowest BCUT2D eigenvalue weighted by Crippen LogP contribution is -2.25. The molecular formula is C9H14F3N3OS. The number of H-pyrrole nitrogens is 1. The number of halogens is 3. The van der Waals surface area contributed by atoms with E-state index in [0.29, 0.717) is 10.6 Å². The molecule has 1 N–H and O–H groups in total. The van der Waals surface area contributed by atoms with Crippen LogP contribution >= 0.6 is 12.2 Å². The predicted molar refractivity (Wildman–Crippen MR) is 58.1 cm³/mol. The standard InChI is InChI=1S/C9H14F3N3OS/c1-8(2,3)15-6(13-14-7(15)17)4-16-5-9(10,11)12/h4-5H2,1-3H3,(H,14,17). The zero-order valence-corrected chi connectivity index (χ0v) is 10.6. The molecule has 0 fully saturated rings. The van der Waals surface area contributed by atoms with E-state index in [2.05, 4.69) is 14.9 Å². The van der Waals surface area contributed by atoms with Gasteiger partial charge in [-0.1, -0.05) is 0 Å². The molecule has 0 aliphatic rings. The highest BCUT2D eigenvalue weighted by atomic mass is 32.1. The number of aromatic nitrogens is 3. The molecule has 1 aromatic rings. The van der Waals surface area contributed by atoms with Crippen LogP contribution in [0.3, 0.4) is 0 Å². The summed E-state index contributed by atoms with van der Waals surface area (Å²) in [6.45, 7) is 4.11. The van der Waals surface area contributed by atoms with E-state index in [1.54, 1.807) is 4.57 Å². The Kier molecular flexibility index (Phi) is 3.98. The van der Waals surface area contributed by atoms with Crippen molar-refractivity contribution in [3.05, 3.63) is 10.6 Å². The largest absolute Gasteiger partial charge is 0.411 e. The molecule has 0 radical (unpaired) electrons. The fraction of sp³-hybridized carbons (Fsp3) is 0.778. The number of nitrogens with zero attached hydrogens (tertiary/aromatic N) is 2. The lowest BCUT2D eigenvalue weighted by atomic mass is 10.1. The zero-order valence-electron chi connectivity index (χ0n) is 9.76. The third kappa shape index (κ3) is 4.12. The fourth-order valence-electron chi connectivity index (χ4n) is 1.38. The summed E-state index contributed by atoms with van der Waals surface area (Å²) in [5.74, 6) is 0.353. The van der Waals surface area contributed by atoms with Crippen molar-refractivity contribution in [1.29, 1.82) is 0 Å². The van der Waals surface area contributed by atoms with Crippen LogP contribution in [0.15, 0.2) is 0 Å². The molecular weight excluding hydrogens is 255 g/mol. The van der Waals surface area contributed by atoms with Gasteiger partial charge in [-0.2, -0.15) is 18.3 Å². The Morgan fingerprint density at radius 3 is 2.41 bits per heavy atom. The number of rotatable bonds is 3. The van der Waals surface area contributed by atoms with Gasteiger partial charge < -0.3 is 4.74 Å². The maximum absolute atomic E-state index is 11.9. The van der Waals surface area contributed by atoms with Crippen LogP contribution in [0.1, 0.15) is 26.6 Å². The van der Waals surface area contributed by atoms with Crippen LogP contribution in [0.2, 0.25) is 0 Å². The van der Waals surface area contributed by atoms with Crippen molar-refractivity contribution in [1.82, 2.24) is 14.8 Å². The minimum Gasteiger partial charge on any atom is -0.364 e. The van der Waals surface area contributed by atoms with Gasteiger partial charge in [-0.05, 0) is 33.0 Å². The third-order valence-corrected chi connectivity index (χ3v) is 2.18. The monoisotopic (exact) mass is 269 g/mol. The maximum Gasteiger partial charge on any atom is 0.411 e. The summed E-state index contributed by atoms with van der Waals surface area (Å²) in [5.41, 5.74) is -0.360. The summed E-state index contributed by atoms with van der Waals surface area (Å²) in [7, 11) is 0. The lowest BCUT2D eigenvalue weighted by Gasteiger charge is -2.22. The van der Waals surface area contributed by atoms with Crippen LogP contribution in [-0.2, 0) is 16.9 Å². The molecule has 0 unspecified atom stereocenters. The molecule has 17 heavy (non-hydrogen) atoms. The first-order chi connectivity index (χ1) is 7.61. The second-order valence-corrected chi connectivity index (χ2v) is 4.95. The van der Waals surface area contributed by atoms with Crippen LogP contribution in [0, 0.1) is 4.77 Å². The van der Waals surface area contributed by atoms with Crippen molar-refractivity contribution < 1.29 is 17.9 Å². The quantitative estimate of drug-likeness (QED) is 0.858. The van der Waals surface area contributed by atoms with E-state index in [1.165, 1.54) is 0 Å². The maximum atomic E-state index is 11.9. The Hall–Kier alpha value is -0.890. The van der Waals surface area contributed by atoms with E-state index in [0.717, 1.165) is 0 Å². The van der Waals surface area contributed by atoms with Gasteiger partial charge >= 0.3 is 6.18 Å². The molecule has 0 aromatic carbocycles. The molecule has 1 rings (SSSR count). The van der Waals surface area contributed by atoms with Gasteiger partial charge in [0, 0.05) is 5.54 Å². The number of hydrogen-bond acceptors (Lipinski definition) is 3. The predicted octanol–water partition coefficient (Wildman–Crippen LogP) is 2.77. The molecule has 0 spiro atoms. The average molecular weight is 269 g/mol. The molecule has 8 heteroatoms. The zero-order chi connectivity index (χ0) is 13.3. The van der Waals surface area contributed by atoms with E-state index in [9.17, 15) is 13.2 Å². The first kappa shape index (κ1) is 14.2. The van der Waals surface area contributed by atoms with Crippen molar-refractivity contribution in [2.45, 2.75) is 39.1 Å². The first-order valence-electron chi connectivity index (χ1n) is 4.92. The number of nitrogens with one attached hydrogen (secondary N) is 1. The molecule has 1 aromatic heterocycles. The van der Waals surface area contributed by atoms with Gasteiger partial charge in [0.2, 0.25) is 0 Å². The Bertz CT molecular complexity index is 430. The number of alkyl halides is 3. The lowest BCUT2D eigenvalue weighted by molar-refractivity contribution is -0.177. The van der Waals surface area contributed by atoms with Crippen molar-refractivity contribution in [2.75, 3.05) is 6.61 Å². The summed E-state index contributed by atoms with van der Waals surface area (Å²) in [4.78, 5) is 0. The highest BCUT2D eigenvalue weighted by molar-refractivity contribution is 7.71. The van der Waals surface area contributed by atoms with Crippen LogP contribution in [0.25, 0.3) is 0 Å². The second-order valence-electron chi connectivity index (χ2n) is 4.56. The summed E-state index contributed by atoms with van der Waals surface area (Å²) < 4.78 is 42.3. The first-order valence-corrected chi connectivity index (χ1v) is 5.33. The van der Waals surface area contributed by atoms with E-state index < -0.39 is 12.8 Å². The average Bonchev–Trinajstić information content (AvgIpc) is 2.43. The molecule has 0 aliphatic carbocycles. The molecule has 0 amide bonds. The summed E-state index contributed by atoms with van der Waals surface area (Å²) in [6.07, 6.45) is -4.33. The smallest absolute Gasteiger partial charge is 0.364 e. The van der Waals surface area contributed by atoms with Crippen molar-refractivity contribution in [3.8, 4) is 0 Å². The number of aromatic amines is 1.